The molecule has 1 heterocycles. The number of aliphatic hydroxyl groups is 5. The first-order valence-corrected chi connectivity index (χ1v) is 5.51. The van der Waals surface area contributed by atoms with Crippen molar-refractivity contribution in [1.82, 2.24) is 0 Å². The Morgan fingerprint density at radius 1 is 1.56 bits per heavy atom. The maximum Gasteiger partial charge on any atom is 0.329 e. The highest BCUT2D eigenvalue weighted by molar-refractivity contribution is 5.37. The van der Waals surface area contributed by atoms with E-state index in [0.717, 1.165) is 0 Å². The predicted octanol–water partition coefficient (Wildman–Crippen LogP) is -2.69. The van der Waals surface area contributed by atoms with Crippen LogP contribution in [0.25, 0.3) is 0 Å². The Morgan fingerprint density at radius 2 is 2.17 bits per heavy atom. The molecule has 6 atom stereocenters. The van der Waals surface area contributed by atoms with E-state index in [0.29, 0.717) is 0 Å². The maximum absolute atomic E-state index is 10.2. The normalized spacial score (nSPS) is 40.0. The number of hydrogen-bond acceptors (Lipinski definition) is 8. The minimum Gasteiger partial charge on any atom is -0.410 e. The molecule has 8 nitrogen and oxygen atoms in total. The summed E-state index contributed by atoms with van der Waals surface area (Å²) >= 11 is 0. The van der Waals surface area contributed by atoms with E-state index < -0.39 is 42.9 Å². The molecule has 0 aliphatic carbocycles. The van der Waals surface area contributed by atoms with Crippen LogP contribution in [0.4, 0.5) is 0 Å². The first kappa shape index (κ1) is 15.3. The van der Waals surface area contributed by atoms with E-state index in [9.17, 15) is 25.2 Å². The van der Waals surface area contributed by atoms with Crippen molar-refractivity contribution in [3.8, 4) is 0 Å². The van der Waals surface area contributed by atoms with Gasteiger partial charge in [0.15, 0.2) is 0 Å². The van der Waals surface area contributed by atoms with Crippen LogP contribution in [0.5, 0.6) is 0 Å². The smallest absolute Gasteiger partial charge is 0.329 e. The molecule has 0 spiro atoms. The van der Waals surface area contributed by atoms with Crippen molar-refractivity contribution in [2.24, 2.45) is 5.92 Å². The topological polar surface area (TPSA) is 137 Å². The second-order valence-corrected chi connectivity index (χ2v) is 4.38. The quantitative estimate of drug-likeness (QED) is 0.268. The molecule has 1 fully saturated rings. The van der Waals surface area contributed by atoms with Crippen LogP contribution in [0.1, 0.15) is 13.3 Å². The standard InChI is InChI=1S/C10H18O8/c1-5-6(13)2-10(16,17-4-12)18-9(5)8(15)7(14)3-11/h4-9,11,13-16H,2-3H2,1H3/t5-,6-,7-,8-,9?,10+/m1/s1. The Kier molecular flexibility index (Phi) is 5.02. The van der Waals surface area contributed by atoms with Crippen molar-refractivity contribution < 1.29 is 39.8 Å². The summed E-state index contributed by atoms with van der Waals surface area (Å²) in [5.41, 5.74) is 0. The highest BCUT2D eigenvalue weighted by Gasteiger charge is 2.49. The third-order valence-corrected chi connectivity index (χ3v) is 3.06. The van der Waals surface area contributed by atoms with Crippen LogP contribution in [0.3, 0.4) is 0 Å². The van der Waals surface area contributed by atoms with Crippen LogP contribution in [0.15, 0.2) is 0 Å². The summed E-state index contributed by atoms with van der Waals surface area (Å²) in [5.74, 6) is -2.98. The fraction of sp³-hybridized carbons (Fsp3) is 0.900. The number of aliphatic hydroxyl groups excluding tert-OH is 4. The predicted molar refractivity (Wildman–Crippen MR) is 55.9 cm³/mol. The first-order valence-electron chi connectivity index (χ1n) is 5.51. The maximum atomic E-state index is 10.2. The van der Waals surface area contributed by atoms with Gasteiger partial charge in [-0.2, -0.15) is 0 Å². The van der Waals surface area contributed by atoms with Crippen LogP contribution >= 0.6 is 0 Å². The molecule has 0 aromatic heterocycles. The van der Waals surface area contributed by atoms with Crippen molar-refractivity contribution >= 4 is 6.47 Å². The molecule has 0 bridgehead atoms. The Balaban J connectivity index is 2.84. The monoisotopic (exact) mass is 266 g/mol. The molecule has 0 aromatic carbocycles. The lowest BCUT2D eigenvalue weighted by atomic mass is 9.87. The number of hydrogen-bond donors (Lipinski definition) is 5. The summed E-state index contributed by atoms with van der Waals surface area (Å²) in [7, 11) is 0. The van der Waals surface area contributed by atoms with Gasteiger partial charge < -0.3 is 35.0 Å². The number of carbonyl (C=O) groups excluding carboxylic acids is 1. The molecule has 1 aliphatic rings. The zero-order valence-electron chi connectivity index (χ0n) is 9.84. The molecule has 8 heteroatoms. The molecule has 0 amide bonds. The molecule has 0 saturated carbocycles. The molecular formula is C10H18O8. The van der Waals surface area contributed by atoms with Crippen LogP contribution in [-0.2, 0) is 14.3 Å². The van der Waals surface area contributed by atoms with Crippen molar-refractivity contribution in [2.75, 3.05) is 6.61 Å². The minimum atomic E-state index is -2.35. The van der Waals surface area contributed by atoms with E-state index in [1.807, 2.05) is 0 Å². The molecule has 18 heavy (non-hydrogen) atoms. The van der Waals surface area contributed by atoms with Gasteiger partial charge in [0.2, 0.25) is 0 Å². The molecule has 0 radical (unpaired) electrons. The van der Waals surface area contributed by atoms with Crippen molar-refractivity contribution in [3.05, 3.63) is 0 Å². The third kappa shape index (κ3) is 3.16. The van der Waals surface area contributed by atoms with E-state index in [2.05, 4.69) is 4.74 Å². The molecule has 1 unspecified atom stereocenters. The average Bonchev–Trinajstić information content (AvgIpc) is 2.32. The summed E-state index contributed by atoms with van der Waals surface area (Å²) in [6, 6.07) is 0. The van der Waals surface area contributed by atoms with Crippen LogP contribution in [-0.4, -0.2) is 69.0 Å². The van der Waals surface area contributed by atoms with E-state index >= 15 is 0 Å². The lowest BCUT2D eigenvalue weighted by molar-refractivity contribution is -0.398. The zero-order valence-corrected chi connectivity index (χ0v) is 9.84. The van der Waals surface area contributed by atoms with Gasteiger partial charge in [-0.15, -0.1) is 0 Å². The highest BCUT2D eigenvalue weighted by Crippen LogP contribution is 2.33. The van der Waals surface area contributed by atoms with E-state index in [1.54, 1.807) is 0 Å². The van der Waals surface area contributed by atoms with E-state index in [-0.39, 0.29) is 12.9 Å². The lowest BCUT2D eigenvalue weighted by Gasteiger charge is -2.43. The average molecular weight is 266 g/mol. The minimum absolute atomic E-state index is 0.0470. The van der Waals surface area contributed by atoms with Gasteiger partial charge >= 0.3 is 5.97 Å². The van der Waals surface area contributed by atoms with Gasteiger partial charge in [-0.1, -0.05) is 6.92 Å². The van der Waals surface area contributed by atoms with Gasteiger partial charge in [0.1, 0.15) is 12.2 Å². The van der Waals surface area contributed by atoms with Gasteiger partial charge in [-0.25, -0.2) is 0 Å². The summed E-state index contributed by atoms with van der Waals surface area (Å²) in [6.45, 7) is 0.772. The Hall–Kier alpha value is -0.770. The Labute approximate surface area is 103 Å². The summed E-state index contributed by atoms with van der Waals surface area (Å²) < 4.78 is 9.32. The van der Waals surface area contributed by atoms with Crippen molar-refractivity contribution in [3.63, 3.8) is 0 Å². The van der Waals surface area contributed by atoms with E-state index in [1.165, 1.54) is 6.92 Å². The van der Waals surface area contributed by atoms with Gasteiger partial charge in [-0.05, 0) is 0 Å². The van der Waals surface area contributed by atoms with Gasteiger partial charge in [-0.3, -0.25) is 4.79 Å². The largest absolute Gasteiger partial charge is 0.410 e. The first-order chi connectivity index (χ1) is 8.34. The van der Waals surface area contributed by atoms with Crippen molar-refractivity contribution in [1.29, 1.82) is 0 Å². The molecule has 1 saturated heterocycles. The molecule has 1 rings (SSSR count). The Morgan fingerprint density at radius 3 is 2.67 bits per heavy atom. The van der Waals surface area contributed by atoms with Gasteiger partial charge in [0, 0.05) is 5.92 Å². The number of ether oxygens (including phenoxy) is 2. The second kappa shape index (κ2) is 5.91. The highest BCUT2D eigenvalue weighted by atomic mass is 16.8. The lowest BCUT2D eigenvalue weighted by Crippen LogP contribution is -2.58. The summed E-state index contributed by atoms with van der Waals surface area (Å²) in [4.78, 5) is 10.2. The summed E-state index contributed by atoms with van der Waals surface area (Å²) in [6.07, 6.45) is -5.70. The molecule has 0 aromatic rings. The van der Waals surface area contributed by atoms with E-state index in [4.69, 9.17) is 9.84 Å². The van der Waals surface area contributed by atoms with Crippen LogP contribution in [0.2, 0.25) is 0 Å². The third-order valence-electron chi connectivity index (χ3n) is 3.06. The fourth-order valence-electron chi connectivity index (χ4n) is 1.90. The summed E-state index contributed by atoms with van der Waals surface area (Å²) in [5, 5.41) is 47.3. The van der Waals surface area contributed by atoms with Crippen LogP contribution in [0, 0.1) is 5.92 Å². The Bertz CT molecular complexity index is 285. The second-order valence-electron chi connectivity index (χ2n) is 4.38. The molecule has 5 N–H and O–H groups in total. The molecule has 106 valence electrons. The number of carbonyl (C=O) groups is 1. The van der Waals surface area contributed by atoms with Crippen LogP contribution < -0.4 is 0 Å². The fourth-order valence-corrected chi connectivity index (χ4v) is 1.90. The van der Waals surface area contributed by atoms with Gasteiger partial charge in [0.25, 0.3) is 6.47 Å². The number of rotatable bonds is 5. The molecular weight excluding hydrogens is 248 g/mol. The molecule has 1 aliphatic heterocycles. The zero-order chi connectivity index (χ0) is 13.9. The van der Waals surface area contributed by atoms with Crippen molar-refractivity contribution in [2.45, 2.75) is 43.7 Å². The van der Waals surface area contributed by atoms with Gasteiger partial charge in [0.05, 0.1) is 25.2 Å². The SMILES string of the molecule is C[C@H]1C([C@H](O)[C@H](O)CO)O[C@@](O)(OC=O)C[C@H]1O.